The van der Waals surface area contributed by atoms with Crippen LogP contribution in [0, 0.1) is 0 Å². The Morgan fingerprint density at radius 3 is 2.69 bits per heavy atom. The molecule has 29 heavy (non-hydrogen) atoms. The monoisotopic (exact) mass is 409 g/mol. The van der Waals surface area contributed by atoms with Crippen molar-refractivity contribution in [2.45, 2.75) is 6.42 Å². The van der Waals surface area contributed by atoms with E-state index < -0.39 is 11.2 Å². The summed E-state index contributed by atoms with van der Waals surface area (Å²) in [7, 11) is 1.56. The fourth-order valence-electron chi connectivity index (χ4n) is 3.15. The van der Waals surface area contributed by atoms with E-state index in [9.17, 15) is 14.4 Å². The number of halogens is 1. The molecule has 0 spiro atoms. The fraction of sp³-hybridized carbons (Fsp3) is 0.100. The minimum absolute atomic E-state index is 0.0399. The number of H-pyrrole nitrogens is 2. The summed E-state index contributed by atoms with van der Waals surface area (Å²) in [5.41, 5.74) is 1.57. The molecule has 0 fully saturated rings. The highest BCUT2D eigenvalue weighted by atomic mass is 35.5. The van der Waals surface area contributed by atoms with Gasteiger partial charge < -0.3 is 5.32 Å². The molecule has 0 radical (unpaired) electrons. The van der Waals surface area contributed by atoms with E-state index in [4.69, 9.17) is 11.6 Å². The summed E-state index contributed by atoms with van der Waals surface area (Å²) in [6.45, 7) is 0. The van der Waals surface area contributed by atoms with E-state index in [2.05, 4.69) is 20.5 Å². The molecular formula is C20H16ClN5O3. The zero-order valence-electron chi connectivity index (χ0n) is 15.3. The van der Waals surface area contributed by atoms with Gasteiger partial charge in [0.2, 0.25) is 5.91 Å². The lowest BCUT2D eigenvalue weighted by Crippen LogP contribution is -2.29. The Hall–Kier alpha value is -3.65. The third-order valence-electron chi connectivity index (χ3n) is 4.59. The van der Waals surface area contributed by atoms with Crippen LogP contribution in [0.3, 0.4) is 0 Å². The van der Waals surface area contributed by atoms with Gasteiger partial charge in [-0.1, -0.05) is 35.9 Å². The first kappa shape index (κ1) is 18.7. The molecule has 3 N–H and O–H groups in total. The molecule has 0 aliphatic carbocycles. The Morgan fingerprint density at radius 2 is 1.93 bits per heavy atom. The molecule has 0 aliphatic rings. The molecule has 4 rings (SSSR count). The van der Waals surface area contributed by atoms with Gasteiger partial charge in [-0.3, -0.25) is 24.2 Å². The van der Waals surface area contributed by atoms with Gasteiger partial charge >= 0.3 is 5.69 Å². The van der Waals surface area contributed by atoms with E-state index in [0.29, 0.717) is 27.3 Å². The molecule has 2 aromatic carbocycles. The fourth-order valence-corrected chi connectivity index (χ4v) is 3.28. The molecule has 0 saturated heterocycles. The van der Waals surface area contributed by atoms with Gasteiger partial charge in [-0.2, -0.15) is 5.10 Å². The van der Waals surface area contributed by atoms with E-state index in [0.717, 1.165) is 11.3 Å². The second kappa shape index (κ2) is 7.40. The zero-order chi connectivity index (χ0) is 20.5. The second-order valence-electron chi connectivity index (χ2n) is 6.53. The van der Waals surface area contributed by atoms with Crippen molar-refractivity contribution in [1.82, 2.24) is 19.7 Å². The minimum atomic E-state index is -0.517. The van der Waals surface area contributed by atoms with Crippen molar-refractivity contribution in [2.24, 2.45) is 7.05 Å². The van der Waals surface area contributed by atoms with Crippen LogP contribution >= 0.6 is 11.6 Å². The molecule has 2 heterocycles. The second-order valence-corrected chi connectivity index (χ2v) is 6.96. The van der Waals surface area contributed by atoms with Crippen molar-refractivity contribution in [3.05, 3.63) is 80.0 Å². The van der Waals surface area contributed by atoms with Crippen LogP contribution in [0.1, 0.15) is 5.56 Å². The highest BCUT2D eigenvalue weighted by Gasteiger charge is 2.14. The Balaban J connectivity index is 1.57. The quantitative estimate of drug-likeness (QED) is 0.480. The van der Waals surface area contributed by atoms with Crippen molar-refractivity contribution in [2.75, 3.05) is 5.32 Å². The topological polar surface area (TPSA) is 113 Å². The van der Waals surface area contributed by atoms with Crippen molar-refractivity contribution in [3.8, 4) is 11.3 Å². The number of carbonyl (C=O) groups excluding carboxylic acids is 1. The van der Waals surface area contributed by atoms with E-state index >= 15 is 0 Å². The lowest BCUT2D eigenvalue weighted by Gasteiger charge is -2.08. The summed E-state index contributed by atoms with van der Waals surface area (Å²) in [5, 5.41) is 10.6. The maximum Gasteiger partial charge on any atom is 0.328 e. The van der Waals surface area contributed by atoms with Crippen molar-refractivity contribution >= 4 is 34.2 Å². The molecule has 1 amide bonds. The van der Waals surface area contributed by atoms with Crippen LogP contribution in [-0.4, -0.2) is 25.7 Å². The number of nitrogens with zero attached hydrogens (tertiary/aromatic N) is 2. The first-order chi connectivity index (χ1) is 13.9. The van der Waals surface area contributed by atoms with E-state index in [1.54, 1.807) is 43.4 Å². The Labute approximate surface area is 169 Å². The molecule has 0 atom stereocenters. The number of aryl methyl sites for hydroxylation is 1. The zero-order valence-corrected chi connectivity index (χ0v) is 16.1. The van der Waals surface area contributed by atoms with Crippen LogP contribution in [0.25, 0.3) is 22.2 Å². The van der Waals surface area contributed by atoms with Gasteiger partial charge in [0, 0.05) is 18.1 Å². The Bertz CT molecular complexity index is 1330. The smallest absolute Gasteiger partial charge is 0.309 e. The molecule has 0 bridgehead atoms. The molecule has 2 aromatic heterocycles. The number of hydrogen-bond donors (Lipinski definition) is 3. The Kier molecular flexibility index (Phi) is 4.77. The van der Waals surface area contributed by atoms with Crippen LogP contribution in [0.15, 0.2) is 58.1 Å². The predicted molar refractivity (Wildman–Crippen MR) is 111 cm³/mol. The summed E-state index contributed by atoms with van der Waals surface area (Å²) in [5.74, 6) is 0.0291. The van der Waals surface area contributed by atoms with Gasteiger partial charge in [-0.25, -0.2) is 4.79 Å². The number of aromatic amines is 2. The number of aromatic nitrogens is 4. The lowest BCUT2D eigenvalue weighted by molar-refractivity contribution is -0.115. The standard InChI is InChI=1S/C20H16ClN5O3/c1-26-15-4-2-3-12(18(15)19(28)23-20(26)29)9-17(27)22-16-10-14(24-25-16)11-5-7-13(21)8-6-11/h2-8,10H,9H2,1H3,(H,23,28,29)(H2,22,24,25,27). The SMILES string of the molecule is Cn1c(=O)[nH]c(=O)c2c(CC(=O)Nc3cc(-c4ccc(Cl)cc4)[nH]n3)cccc21. The molecule has 0 aliphatic heterocycles. The summed E-state index contributed by atoms with van der Waals surface area (Å²) >= 11 is 5.90. The molecule has 9 heteroatoms. The molecule has 0 saturated carbocycles. The van der Waals surface area contributed by atoms with Gasteiger partial charge in [-0.05, 0) is 29.3 Å². The maximum atomic E-state index is 12.5. The molecule has 8 nitrogen and oxygen atoms in total. The molecule has 146 valence electrons. The number of benzene rings is 2. The molecular weight excluding hydrogens is 394 g/mol. The summed E-state index contributed by atoms with van der Waals surface area (Å²) in [6, 6.07) is 14.0. The van der Waals surface area contributed by atoms with Crippen LogP contribution in [0.4, 0.5) is 5.82 Å². The van der Waals surface area contributed by atoms with Gasteiger partial charge in [-0.15, -0.1) is 0 Å². The number of fused-ring (bicyclic) bond motifs is 1. The third kappa shape index (κ3) is 3.70. The van der Waals surface area contributed by atoms with Gasteiger partial charge in [0.25, 0.3) is 5.56 Å². The first-order valence-electron chi connectivity index (χ1n) is 8.74. The van der Waals surface area contributed by atoms with Crippen molar-refractivity contribution < 1.29 is 4.79 Å². The van der Waals surface area contributed by atoms with E-state index in [-0.39, 0.29) is 12.3 Å². The number of amides is 1. The highest BCUT2D eigenvalue weighted by molar-refractivity contribution is 6.30. The predicted octanol–water partition coefficient (Wildman–Crippen LogP) is 2.45. The Morgan fingerprint density at radius 1 is 1.17 bits per heavy atom. The van der Waals surface area contributed by atoms with Crippen LogP contribution in [0.2, 0.25) is 5.02 Å². The van der Waals surface area contributed by atoms with Crippen molar-refractivity contribution in [1.29, 1.82) is 0 Å². The van der Waals surface area contributed by atoms with Gasteiger partial charge in [0.15, 0.2) is 5.82 Å². The number of hydrogen-bond acceptors (Lipinski definition) is 4. The van der Waals surface area contributed by atoms with Crippen LogP contribution < -0.4 is 16.6 Å². The average Bonchev–Trinajstić information content (AvgIpc) is 3.15. The third-order valence-corrected chi connectivity index (χ3v) is 4.85. The summed E-state index contributed by atoms with van der Waals surface area (Å²) in [4.78, 5) is 38.8. The molecule has 4 aromatic rings. The molecule has 0 unspecified atom stereocenters. The highest BCUT2D eigenvalue weighted by Crippen LogP contribution is 2.22. The minimum Gasteiger partial charge on any atom is -0.309 e. The largest absolute Gasteiger partial charge is 0.328 e. The number of rotatable bonds is 4. The van der Waals surface area contributed by atoms with Gasteiger partial charge in [0.1, 0.15) is 0 Å². The summed E-state index contributed by atoms with van der Waals surface area (Å²) < 4.78 is 1.34. The lowest BCUT2D eigenvalue weighted by atomic mass is 10.1. The number of nitrogens with one attached hydrogen (secondary N) is 3. The van der Waals surface area contributed by atoms with Crippen LogP contribution in [-0.2, 0) is 18.3 Å². The van der Waals surface area contributed by atoms with E-state index in [1.807, 2.05) is 12.1 Å². The van der Waals surface area contributed by atoms with E-state index in [1.165, 1.54) is 4.57 Å². The van der Waals surface area contributed by atoms with Crippen LogP contribution in [0.5, 0.6) is 0 Å². The normalized spacial score (nSPS) is 11.0. The summed E-state index contributed by atoms with van der Waals surface area (Å²) in [6.07, 6.45) is -0.0399. The van der Waals surface area contributed by atoms with Crippen molar-refractivity contribution in [3.63, 3.8) is 0 Å². The maximum absolute atomic E-state index is 12.5. The average molecular weight is 410 g/mol. The first-order valence-corrected chi connectivity index (χ1v) is 9.12. The van der Waals surface area contributed by atoms with Gasteiger partial charge in [0.05, 0.1) is 23.0 Å². The number of carbonyl (C=O) groups is 1. The number of anilines is 1.